The van der Waals surface area contributed by atoms with E-state index in [4.69, 9.17) is 0 Å². The third-order valence-corrected chi connectivity index (χ3v) is 8.21. The Labute approximate surface area is 198 Å². The monoisotopic (exact) mass is 462 g/mol. The second kappa shape index (κ2) is 11.5. The minimum absolute atomic E-state index is 0.313. The average Bonchev–Trinajstić information content (AvgIpc) is 2.87. The van der Waals surface area contributed by atoms with Crippen molar-refractivity contribution in [3.63, 3.8) is 0 Å². The lowest BCUT2D eigenvalue weighted by Gasteiger charge is -2.27. The van der Waals surface area contributed by atoms with Gasteiger partial charge in [-0.15, -0.1) is 0 Å². The summed E-state index contributed by atoms with van der Waals surface area (Å²) in [6.45, 7) is 3.96. The maximum atomic E-state index is 13.6. The highest BCUT2D eigenvalue weighted by molar-refractivity contribution is 7.92. The minimum atomic E-state index is -3.68. The Bertz CT molecular complexity index is 1100. The standard InChI is InChI=1S/C28H34N2O2S/c31-33(32,28-19-6-2-7-20-28)30(27-17-4-1-5-18-27)24-26-16-9-8-14-25(26)15-10-13-23-29-21-11-3-12-22-29/h1-2,4-9,14,16-20H,3,10-13,15,21-24H2. The molecule has 1 aliphatic rings. The van der Waals surface area contributed by atoms with Crippen LogP contribution in [0, 0.1) is 0 Å². The van der Waals surface area contributed by atoms with E-state index >= 15 is 0 Å². The first-order valence-electron chi connectivity index (χ1n) is 12.1. The molecular formula is C28H34N2O2S. The van der Waals surface area contributed by atoms with Gasteiger partial charge in [0.1, 0.15) is 0 Å². The van der Waals surface area contributed by atoms with Crippen molar-refractivity contribution in [1.29, 1.82) is 0 Å². The van der Waals surface area contributed by atoms with Crippen molar-refractivity contribution < 1.29 is 8.42 Å². The number of para-hydroxylation sites is 1. The first-order valence-corrected chi connectivity index (χ1v) is 13.5. The van der Waals surface area contributed by atoms with Crippen LogP contribution in [0.5, 0.6) is 0 Å². The third kappa shape index (κ3) is 6.24. The van der Waals surface area contributed by atoms with Gasteiger partial charge in [0.05, 0.1) is 17.1 Å². The summed E-state index contributed by atoms with van der Waals surface area (Å²) < 4.78 is 28.7. The molecule has 4 nitrogen and oxygen atoms in total. The average molecular weight is 463 g/mol. The number of piperidine rings is 1. The van der Waals surface area contributed by atoms with E-state index in [-0.39, 0.29) is 0 Å². The SMILES string of the molecule is O=S(=O)(c1ccccc1)N(Cc1ccccc1CCCCN1CCCCC1)c1ccccc1. The van der Waals surface area contributed by atoms with Gasteiger partial charge in [0, 0.05) is 0 Å². The third-order valence-electron chi connectivity index (χ3n) is 6.43. The Balaban J connectivity index is 1.51. The summed E-state index contributed by atoms with van der Waals surface area (Å²) in [5, 5.41) is 0. The summed E-state index contributed by atoms with van der Waals surface area (Å²) >= 11 is 0. The number of benzene rings is 3. The van der Waals surface area contributed by atoms with Crippen LogP contribution in [0.1, 0.15) is 43.2 Å². The summed E-state index contributed by atoms with van der Waals surface area (Å²) in [6.07, 6.45) is 7.29. The number of hydrogen-bond acceptors (Lipinski definition) is 3. The molecule has 1 saturated heterocycles. The van der Waals surface area contributed by atoms with Gasteiger partial charge in [-0.25, -0.2) is 8.42 Å². The molecule has 174 valence electrons. The molecule has 0 N–H and O–H groups in total. The summed E-state index contributed by atoms with van der Waals surface area (Å²) in [5.41, 5.74) is 2.99. The van der Waals surface area contributed by atoms with Gasteiger partial charge in [0.25, 0.3) is 10.0 Å². The van der Waals surface area contributed by atoms with Crippen LogP contribution in [0.4, 0.5) is 5.69 Å². The van der Waals surface area contributed by atoms with Crippen LogP contribution in [-0.2, 0) is 23.0 Å². The zero-order chi connectivity index (χ0) is 22.9. The molecule has 3 aromatic rings. The van der Waals surface area contributed by atoms with Gasteiger partial charge in [-0.2, -0.15) is 0 Å². The maximum Gasteiger partial charge on any atom is 0.264 e. The summed E-state index contributed by atoms with van der Waals surface area (Å²) in [4.78, 5) is 2.90. The lowest BCUT2D eigenvalue weighted by molar-refractivity contribution is 0.225. The van der Waals surface area contributed by atoms with E-state index in [2.05, 4.69) is 23.1 Å². The molecule has 0 aliphatic carbocycles. The van der Waals surface area contributed by atoms with Gasteiger partial charge in [-0.3, -0.25) is 4.31 Å². The van der Waals surface area contributed by atoms with Gasteiger partial charge in [0.15, 0.2) is 0 Å². The fourth-order valence-electron chi connectivity index (χ4n) is 4.57. The van der Waals surface area contributed by atoms with Gasteiger partial charge in [0.2, 0.25) is 0 Å². The van der Waals surface area contributed by atoms with E-state index in [0.29, 0.717) is 17.1 Å². The van der Waals surface area contributed by atoms with Gasteiger partial charge < -0.3 is 4.90 Å². The van der Waals surface area contributed by atoms with Gasteiger partial charge >= 0.3 is 0 Å². The summed E-state index contributed by atoms with van der Waals surface area (Å²) in [6, 6.07) is 26.4. The van der Waals surface area contributed by atoms with Crippen LogP contribution in [0.3, 0.4) is 0 Å². The molecule has 0 spiro atoms. The van der Waals surface area contributed by atoms with E-state index in [1.165, 1.54) is 55.2 Å². The molecule has 0 saturated carbocycles. The summed E-state index contributed by atoms with van der Waals surface area (Å²) in [5.74, 6) is 0. The first-order chi connectivity index (χ1) is 16.1. The molecule has 1 aliphatic heterocycles. The maximum absolute atomic E-state index is 13.6. The Morgan fingerprint density at radius 2 is 1.30 bits per heavy atom. The van der Waals surface area contributed by atoms with Crippen LogP contribution in [0.25, 0.3) is 0 Å². The lowest BCUT2D eigenvalue weighted by atomic mass is 10.0. The van der Waals surface area contributed by atoms with Crippen LogP contribution >= 0.6 is 0 Å². The Morgan fingerprint density at radius 1 is 0.697 bits per heavy atom. The molecule has 0 bridgehead atoms. The van der Waals surface area contributed by atoms with E-state index in [1.54, 1.807) is 24.3 Å². The van der Waals surface area contributed by atoms with Crippen LogP contribution in [-0.4, -0.2) is 33.0 Å². The molecule has 0 aromatic heterocycles. The van der Waals surface area contributed by atoms with Crippen LogP contribution in [0.2, 0.25) is 0 Å². The normalized spacial score (nSPS) is 14.8. The molecule has 1 heterocycles. The van der Waals surface area contributed by atoms with Crippen molar-refractivity contribution >= 4 is 15.7 Å². The molecule has 0 amide bonds. The van der Waals surface area contributed by atoms with E-state index in [1.807, 2.05) is 42.5 Å². The fourth-order valence-corrected chi connectivity index (χ4v) is 6.04. The summed E-state index contributed by atoms with van der Waals surface area (Å²) in [7, 11) is -3.68. The number of likely N-dealkylation sites (tertiary alicyclic amines) is 1. The Kier molecular flexibility index (Phi) is 8.19. The van der Waals surface area contributed by atoms with Crippen molar-refractivity contribution in [2.24, 2.45) is 0 Å². The van der Waals surface area contributed by atoms with Crippen molar-refractivity contribution in [2.75, 3.05) is 23.9 Å². The smallest absolute Gasteiger partial charge is 0.264 e. The highest BCUT2D eigenvalue weighted by atomic mass is 32.2. The highest BCUT2D eigenvalue weighted by Crippen LogP contribution is 2.27. The van der Waals surface area contributed by atoms with E-state index in [9.17, 15) is 8.42 Å². The molecule has 0 unspecified atom stereocenters. The Hall–Kier alpha value is -2.63. The molecule has 0 radical (unpaired) electrons. The van der Waals surface area contributed by atoms with Crippen molar-refractivity contribution in [1.82, 2.24) is 4.90 Å². The second-order valence-corrected chi connectivity index (χ2v) is 10.7. The second-order valence-electron chi connectivity index (χ2n) is 8.79. The number of rotatable bonds is 10. The molecular weight excluding hydrogens is 428 g/mol. The number of nitrogens with zero attached hydrogens (tertiary/aromatic N) is 2. The number of sulfonamides is 1. The first kappa shape index (κ1) is 23.5. The van der Waals surface area contributed by atoms with Crippen molar-refractivity contribution in [3.8, 4) is 0 Å². The number of unbranched alkanes of at least 4 members (excludes halogenated alkanes) is 1. The molecule has 1 fully saturated rings. The topological polar surface area (TPSA) is 40.6 Å². The van der Waals surface area contributed by atoms with Crippen LogP contribution < -0.4 is 4.31 Å². The van der Waals surface area contributed by atoms with Gasteiger partial charge in [-0.05, 0) is 87.1 Å². The predicted octanol–water partition coefficient (Wildman–Crippen LogP) is 5.89. The Morgan fingerprint density at radius 3 is 2.00 bits per heavy atom. The number of anilines is 1. The number of hydrogen-bond donors (Lipinski definition) is 0. The zero-order valence-electron chi connectivity index (χ0n) is 19.3. The molecule has 5 heteroatoms. The van der Waals surface area contributed by atoms with Crippen molar-refractivity contribution in [2.45, 2.75) is 50.0 Å². The largest absolute Gasteiger partial charge is 0.303 e. The minimum Gasteiger partial charge on any atom is -0.303 e. The zero-order valence-corrected chi connectivity index (χ0v) is 20.1. The van der Waals surface area contributed by atoms with Crippen molar-refractivity contribution in [3.05, 3.63) is 96.1 Å². The quantitative estimate of drug-likeness (QED) is 0.353. The fraction of sp³-hybridized carbons (Fsp3) is 0.357. The number of aryl methyl sites for hydroxylation is 1. The van der Waals surface area contributed by atoms with Crippen LogP contribution in [0.15, 0.2) is 89.8 Å². The van der Waals surface area contributed by atoms with E-state index < -0.39 is 10.0 Å². The van der Waals surface area contributed by atoms with E-state index in [0.717, 1.165) is 18.4 Å². The molecule has 4 rings (SSSR count). The predicted molar refractivity (Wildman–Crippen MR) is 136 cm³/mol. The molecule has 33 heavy (non-hydrogen) atoms. The highest BCUT2D eigenvalue weighted by Gasteiger charge is 2.25. The molecule has 0 atom stereocenters. The van der Waals surface area contributed by atoms with Gasteiger partial charge in [-0.1, -0.05) is 67.1 Å². The lowest BCUT2D eigenvalue weighted by Crippen LogP contribution is -2.31. The molecule has 3 aromatic carbocycles.